The second-order valence-corrected chi connectivity index (χ2v) is 6.15. The molecular formula is C16H13ClFN5. The van der Waals surface area contributed by atoms with Crippen molar-refractivity contribution < 1.29 is 4.39 Å². The van der Waals surface area contributed by atoms with Crippen molar-refractivity contribution in [3.05, 3.63) is 47.1 Å². The molecule has 0 N–H and O–H groups in total. The smallest absolute Gasteiger partial charge is 0.224 e. The van der Waals surface area contributed by atoms with E-state index in [1.54, 1.807) is 12.1 Å². The lowest BCUT2D eigenvalue weighted by Crippen LogP contribution is -2.47. The van der Waals surface area contributed by atoms with Gasteiger partial charge in [-0.05, 0) is 36.2 Å². The van der Waals surface area contributed by atoms with E-state index in [4.69, 9.17) is 11.6 Å². The molecule has 7 heteroatoms. The molecule has 2 fully saturated rings. The number of hydrogen-bond donors (Lipinski definition) is 0. The molecule has 0 saturated carbocycles. The number of benzene rings is 1. The Bertz CT molecular complexity index is 805. The molecule has 5 nitrogen and oxygen atoms in total. The molecule has 2 aliphatic rings. The van der Waals surface area contributed by atoms with Crippen molar-refractivity contribution in [1.29, 1.82) is 5.26 Å². The molecule has 2 saturated heterocycles. The first-order valence-electron chi connectivity index (χ1n) is 7.37. The Morgan fingerprint density at radius 2 is 2.04 bits per heavy atom. The molecule has 2 atom stereocenters. The van der Waals surface area contributed by atoms with Crippen LogP contribution < -0.4 is 9.80 Å². The van der Waals surface area contributed by atoms with Gasteiger partial charge in [-0.1, -0.05) is 6.07 Å². The van der Waals surface area contributed by atoms with Crippen molar-refractivity contribution in [2.24, 2.45) is 0 Å². The molecule has 1 aromatic carbocycles. The number of anilines is 2. The highest BCUT2D eigenvalue weighted by Crippen LogP contribution is 2.37. The summed E-state index contributed by atoms with van der Waals surface area (Å²) < 4.78 is 13.4. The fourth-order valence-electron chi connectivity index (χ4n) is 3.55. The minimum atomic E-state index is -0.225. The molecule has 0 aliphatic carbocycles. The van der Waals surface area contributed by atoms with Gasteiger partial charge in [-0.25, -0.2) is 9.37 Å². The first-order valence-corrected chi connectivity index (χ1v) is 7.75. The van der Waals surface area contributed by atoms with Crippen molar-refractivity contribution in [2.45, 2.75) is 18.5 Å². The third-order valence-corrected chi connectivity index (χ3v) is 4.69. The van der Waals surface area contributed by atoms with Crippen LogP contribution in [0.3, 0.4) is 0 Å². The van der Waals surface area contributed by atoms with Crippen LogP contribution in [0.4, 0.5) is 15.9 Å². The lowest BCUT2D eigenvalue weighted by Gasteiger charge is -2.36. The summed E-state index contributed by atoms with van der Waals surface area (Å²) in [5.74, 6) is 0.371. The summed E-state index contributed by atoms with van der Waals surface area (Å²) in [6, 6.07) is 9.31. The average Bonchev–Trinajstić information content (AvgIpc) is 3.15. The van der Waals surface area contributed by atoms with Gasteiger partial charge in [0.15, 0.2) is 5.82 Å². The molecule has 0 spiro atoms. The van der Waals surface area contributed by atoms with Crippen molar-refractivity contribution in [3.63, 3.8) is 0 Å². The van der Waals surface area contributed by atoms with E-state index >= 15 is 0 Å². The zero-order valence-electron chi connectivity index (χ0n) is 12.2. The summed E-state index contributed by atoms with van der Waals surface area (Å²) in [5, 5.41) is 9.39. The van der Waals surface area contributed by atoms with Crippen LogP contribution in [0.25, 0.3) is 0 Å². The highest BCUT2D eigenvalue weighted by molar-refractivity contribution is 6.28. The molecule has 116 valence electrons. The summed E-state index contributed by atoms with van der Waals surface area (Å²) in [6.07, 6.45) is 2.42. The molecule has 23 heavy (non-hydrogen) atoms. The fraction of sp³-hybridized carbons (Fsp3) is 0.312. The first kappa shape index (κ1) is 14.2. The van der Waals surface area contributed by atoms with Gasteiger partial charge >= 0.3 is 0 Å². The van der Waals surface area contributed by atoms with E-state index < -0.39 is 0 Å². The van der Waals surface area contributed by atoms with Crippen LogP contribution in [0.2, 0.25) is 5.28 Å². The molecule has 0 radical (unpaired) electrons. The van der Waals surface area contributed by atoms with Crippen LogP contribution in [-0.2, 0) is 0 Å². The van der Waals surface area contributed by atoms with Crippen LogP contribution in [-0.4, -0.2) is 35.1 Å². The highest BCUT2D eigenvalue weighted by Gasteiger charge is 2.44. The van der Waals surface area contributed by atoms with Gasteiger partial charge in [0.2, 0.25) is 5.28 Å². The van der Waals surface area contributed by atoms with E-state index in [2.05, 4.69) is 25.8 Å². The molecule has 0 amide bonds. The predicted molar refractivity (Wildman–Crippen MR) is 85.0 cm³/mol. The number of piperazine rings is 1. The van der Waals surface area contributed by atoms with Gasteiger partial charge in [-0.15, -0.1) is 0 Å². The first-order chi connectivity index (χ1) is 11.2. The highest BCUT2D eigenvalue weighted by atomic mass is 35.5. The monoisotopic (exact) mass is 329 g/mol. The summed E-state index contributed by atoms with van der Waals surface area (Å²) in [4.78, 5) is 12.4. The van der Waals surface area contributed by atoms with E-state index in [0.717, 1.165) is 25.2 Å². The van der Waals surface area contributed by atoms with E-state index in [0.29, 0.717) is 11.4 Å². The van der Waals surface area contributed by atoms with Crippen LogP contribution in [0, 0.1) is 17.1 Å². The van der Waals surface area contributed by atoms with E-state index in [9.17, 15) is 9.65 Å². The largest absolute Gasteiger partial charge is 0.365 e. The fourth-order valence-corrected chi connectivity index (χ4v) is 3.68. The van der Waals surface area contributed by atoms with Crippen molar-refractivity contribution in [2.75, 3.05) is 22.9 Å². The van der Waals surface area contributed by atoms with Gasteiger partial charge < -0.3 is 9.80 Å². The van der Waals surface area contributed by atoms with Crippen LogP contribution in [0.1, 0.15) is 12.0 Å². The number of nitriles is 1. The van der Waals surface area contributed by atoms with Crippen LogP contribution in [0.5, 0.6) is 0 Å². The van der Waals surface area contributed by atoms with E-state index in [-0.39, 0.29) is 23.2 Å². The summed E-state index contributed by atoms with van der Waals surface area (Å²) >= 11 is 5.89. The summed E-state index contributed by atoms with van der Waals surface area (Å²) in [7, 11) is 0. The topological polar surface area (TPSA) is 56.1 Å². The Morgan fingerprint density at radius 1 is 1.26 bits per heavy atom. The van der Waals surface area contributed by atoms with Crippen molar-refractivity contribution >= 4 is 23.1 Å². The molecule has 2 bridgehead atoms. The Balaban J connectivity index is 1.60. The number of hydrogen-bond acceptors (Lipinski definition) is 5. The minimum absolute atomic E-state index is 0.142. The summed E-state index contributed by atoms with van der Waals surface area (Å²) in [5.41, 5.74) is 1.33. The number of halogens is 2. The molecule has 1 aromatic heterocycles. The Morgan fingerprint density at radius 3 is 2.74 bits per heavy atom. The zero-order chi connectivity index (χ0) is 16.0. The van der Waals surface area contributed by atoms with Crippen molar-refractivity contribution in [1.82, 2.24) is 9.97 Å². The third kappa shape index (κ3) is 2.37. The van der Waals surface area contributed by atoms with Gasteiger partial charge in [-0.2, -0.15) is 10.2 Å². The standard InChI is InChI=1S/C16H13ClFN5/c17-16-20-7-10(6-19)15(21-16)23-9-13-5-14(23)8-22(13)12-3-1-2-11(18)4-12/h1-4,7,13-14H,5,8-9H2/t13-,14-/m0/s1. The Hall–Kier alpha value is -2.39. The molecule has 3 heterocycles. The van der Waals surface area contributed by atoms with E-state index in [1.165, 1.54) is 12.3 Å². The number of rotatable bonds is 2. The normalized spacial score (nSPS) is 22.5. The predicted octanol–water partition coefficient (Wildman–Crippen LogP) is 2.61. The lowest BCUT2D eigenvalue weighted by molar-refractivity contribution is 0.617. The third-order valence-electron chi connectivity index (χ3n) is 4.51. The molecule has 4 rings (SSSR count). The number of aromatic nitrogens is 2. The maximum atomic E-state index is 13.4. The van der Waals surface area contributed by atoms with E-state index in [1.807, 2.05) is 6.07 Å². The lowest BCUT2D eigenvalue weighted by atomic mass is 10.2. The Kier molecular flexibility index (Phi) is 3.31. The molecule has 0 unspecified atom stereocenters. The summed E-state index contributed by atoms with van der Waals surface area (Å²) in [6.45, 7) is 1.52. The molecular weight excluding hydrogens is 317 g/mol. The second kappa shape index (κ2) is 5.36. The molecule has 2 aliphatic heterocycles. The van der Waals surface area contributed by atoms with Crippen LogP contribution >= 0.6 is 11.6 Å². The van der Waals surface area contributed by atoms with Gasteiger partial charge in [0.1, 0.15) is 17.4 Å². The average molecular weight is 330 g/mol. The van der Waals surface area contributed by atoms with Gasteiger partial charge in [0, 0.05) is 24.8 Å². The van der Waals surface area contributed by atoms with Crippen molar-refractivity contribution in [3.8, 4) is 6.07 Å². The van der Waals surface area contributed by atoms with Gasteiger partial charge in [0.05, 0.1) is 12.2 Å². The molecule has 2 aromatic rings. The minimum Gasteiger partial charge on any atom is -0.365 e. The Labute approximate surface area is 137 Å². The quantitative estimate of drug-likeness (QED) is 0.793. The zero-order valence-corrected chi connectivity index (χ0v) is 12.9. The second-order valence-electron chi connectivity index (χ2n) is 5.82. The van der Waals surface area contributed by atoms with Gasteiger partial charge in [0.25, 0.3) is 0 Å². The maximum Gasteiger partial charge on any atom is 0.224 e. The maximum absolute atomic E-state index is 13.4. The SMILES string of the molecule is N#Cc1cnc(Cl)nc1N1C[C@@H]2C[C@H]1CN2c1cccc(F)c1. The van der Waals surface area contributed by atoms with Crippen LogP contribution in [0.15, 0.2) is 30.5 Å². The van der Waals surface area contributed by atoms with Gasteiger partial charge in [-0.3, -0.25) is 0 Å². The number of nitrogens with zero attached hydrogens (tertiary/aromatic N) is 5. The number of fused-ring (bicyclic) bond motifs is 2.